The summed E-state index contributed by atoms with van der Waals surface area (Å²) in [5.74, 6) is -1.78. The molecule has 2 N–H and O–H groups in total. The van der Waals surface area contributed by atoms with Crippen molar-refractivity contribution in [1.82, 2.24) is 4.98 Å². The first-order valence-electron chi connectivity index (χ1n) is 4.66. The Morgan fingerprint density at radius 3 is 2.71 bits per heavy atom. The Kier molecular flexibility index (Phi) is 2.74. The zero-order chi connectivity index (χ0) is 12.7. The van der Waals surface area contributed by atoms with E-state index < -0.39 is 17.2 Å². The fraction of sp³-hybridized carbons (Fsp3) is 0.0909. The van der Waals surface area contributed by atoms with Gasteiger partial charge < -0.3 is 10.1 Å². The normalized spacial score (nSPS) is 10.8. The topological polar surface area (TPSA) is 70.2 Å². The lowest BCUT2D eigenvalue weighted by atomic mass is 10.1. The van der Waals surface area contributed by atoms with Gasteiger partial charge in [-0.05, 0) is 34.5 Å². The Balaban J connectivity index is 3.01. The lowest BCUT2D eigenvalue weighted by Gasteiger charge is -2.06. The number of carboxylic acid groups (broad SMARTS) is 1. The van der Waals surface area contributed by atoms with Gasteiger partial charge in [-0.2, -0.15) is 0 Å². The fourth-order valence-corrected chi connectivity index (χ4v) is 2.14. The zero-order valence-electron chi connectivity index (χ0n) is 8.67. The number of aromatic amines is 1. The third-order valence-corrected chi connectivity index (χ3v) is 3.20. The van der Waals surface area contributed by atoms with E-state index in [1.165, 1.54) is 6.07 Å². The van der Waals surface area contributed by atoms with E-state index in [1.807, 2.05) is 0 Å². The Hall–Kier alpha value is -1.69. The van der Waals surface area contributed by atoms with Crippen molar-refractivity contribution in [2.75, 3.05) is 0 Å². The molecule has 0 saturated carbocycles. The van der Waals surface area contributed by atoms with Crippen LogP contribution in [0, 0.1) is 12.7 Å². The van der Waals surface area contributed by atoms with Crippen LogP contribution < -0.4 is 5.43 Å². The summed E-state index contributed by atoms with van der Waals surface area (Å²) in [5, 5.41) is 8.95. The number of aromatic carboxylic acids is 1. The lowest BCUT2D eigenvalue weighted by molar-refractivity contribution is 0.0691. The van der Waals surface area contributed by atoms with E-state index in [4.69, 9.17) is 5.11 Å². The van der Waals surface area contributed by atoms with Gasteiger partial charge in [0.15, 0.2) is 5.43 Å². The van der Waals surface area contributed by atoms with Crippen molar-refractivity contribution in [2.24, 2.45) is 0 Å². The number of aromatic nitrogens is 1. The van der Waals surface area contributed by atoms with Crippen LogP contribution >= 0.6 is 15.9 Å². The second-order valence-corrected chi connectivity index (χ2v) is 4.38. The minimum absolute atomic E-state index is 0.0382. The van der Waals surface area contributed by atoms with E-state index in [0.717, 1.165) is 6.07 Å². The number of H-pyrrole nitrogens is 1. The number of carboxylic acids is 1. The van der Waals surface area contributed by atoms with E-state index >= 15 is 0 Å². The quantitative estimate of drug-likeness (QED) is 0.849. The first-order chi connectivity index (χ1) is 7.91. The monoisotopic (exact) mass is 299 g/mol. The molecule has 4 nitrogen and oxygen atoms in total. The van der Waals surface area contributed by atoms with Gasteiger partial charge >= 0.3 is 5.97 Å². The molecule has 0 unspecified atom stereocenters. The number of aryl methyl sites for hydroxylation is 1. The van der Waals surface area contributed by atoms with E-state index in [-0.39, 0.29) is 15.6 Å². The summed E-state index contributed by atoms with van der Waals surface area (Å²) < 4.78 is 13.5. The van der Waals surface area contributed by atoms with Crippen molar-refractivity contribution in [3.8, 4) is 0 Å². The molecule has 2 rings (SSSR count). The Labute approximate surface area is 103 Å². The molecule has 0 saturated heterocycles. The largest absolute Gasteiger partial charge is 0.477 e. The fourth-order valence-electron chi connectivity index (χ4n) is 1.63. The van der Waals surface area contributed by atoms with Crippen LogP contribution in [0.5, 0.6) is 0 Å². The molecule has 0 amide bonds. The van der Waals surface area contributed by atoms with Crippen molar-refractivity contribution >= 4 is 32.8 Å². The van der Waals surface area contributed by atoms with E-state index in [2.05, 4.69) is 20.9 Å². The van der Waals surface area contributed by atoms with Crippen LogP contribution in [0.2, 0.25) is 0 Å². The summed E-state index contributed by atoms with van der Waals surface area (Å²) in [5.41, 5.74) is 0.0406. The van der Waals surface area contributed by atoms with Crippen LogP contribution in [0.1, 0.15) is 16.1 Å². The van der Waals surface area contributed by atoms with Crippen molar-refractivity contribution in [1.29, 1.82) is 0 Å². The van der Waals surface area contributed by atoms with Crippen molar-refractivity contribution in [2.45, 2.75) is 6.92 Å². The highest BCUT2D eigenvalue weighted by atomic mass is 79.9. The molecule has 88 valence electrons. The molecule has 2 aromatic rings. The maximum Gasteiger partial charge on any atom is 0.352 e. The number of halogens is 2. The predicted molar refractivity (Wildman–Crippen MR) is 63.9 cm³/mol. The molecule has 0 spiro atoms. The minimum Gasteiger partial charge on any atom is -0.477 e. The molecule has 17 heavy (non-hydrogen) atoms. The highest BCUT2D eigenvalue weighted by molar-refractivity contribution is 9.10. The van der Waals surface area contributed by atoms with Crippen molar-refractivity contribution in [3.05, 3.63) is 43.9 Å². The molecular formula is C11H7BrFNO3. The van der Waals surface area contributed by atoms with E-state index in [1.54, 1.807) is 6.92 Å². The molecule has 0 aliphatic carbocycles. The second-order valence-electron chi connectivity index (χ2n) is 3.59. The highest BCUT2D eigenvalue weighted by Crippen LogP contribution is 2.26. The Morgan fingerprint density at radius 2 is 2.12 bits per heavy atom. The molecule has 0 radical (unpaired) electrons. The lowest BCUT2D eigenvalue weighted by Crippen LogP contribution is -2.11. The van der Waals surface area contributed by atoms with Gasteiger partial charge in [0, 0.05) is 6.07 Å². The van der Waals surface area contributed by atoms with Crippen molar-refractivity contribution < 1.29 is 14.3 Å². The number of pyridine rings is 1. The summed E-state index contributed by atoms with van der Waals surface area (Å²) in [6, 6.07) is 2.17. The number of rotatable bonds is 1. The van der Waals surface area contributed by atoms with Crippen LogP contribution in [-0.2, 0) is 0 Å². The summed E-state index contributed by atoms with van der Waals surface area (Å²) in [6.45, 7) is 1.60. The van der Waals surface area contributed by atoms with Gasteiger partial charge in [0.25, 0.3) is 0 Å². The smallest absolute Gasteiger partial charge is 0.352 e. The Bertz CT molecular complexity index is 693. The molecule has 0 fully saturated rings. The van der Waals surface area contributed by atoms with Gasteiger partial charge in [0.05, 0.1) is 15.4 Å². The van der Waals surface area contributed by atoms with Gasteiger partial charge in [0.1, 0.15) is 11.5 Å². The minimum atomic E-state index is -1.23. The van der Waals surface area contributed by atoms with E-state index in [0.29, 0.717) is 11.1 Å². The second kappa shape index (κ2) is 3.96. The van der Waals surface area contributed by atoms with Gasteiger partial charge in [-0.1, -0.05) is 0 Å². The van der Waals surface area contributed by atoms with Crippen LogP contribution in [-0.4, -0.2) is 16.1 Å². The number of nitrogens with one attached hydrogen (secondary N) is 1. The maximum absolute atomic E-state index is 13.4. The molecule has 0 atom stereocenters. The molecule has 0 aliphatic rings. The predicted octanol–water partition coefficient (Wildman–Crippen LogP) is 2.44. The first-order valence-corrected chi connectivity index (χ1v) is 5.46. The summed E-state index contributed by atoms with van der Waals surface area (Å²) >= 11 is 2.98. The molecule has 1 heterocycles. The summed E-state index contributed by atoms with van der Waals surface area (Å²) in [7, 11) is 0. The average Bonchev–Trinajstić information content (AvgIpc) is 2.25. The maximum atomic E-state index is 13.4. The third-order valence-electron chi connectivity index (χ3n) is 2.43. The number of carbonyl (C=O) groups is 1. The number of fused-ring (bicyclic) bond motifs is 1. The Morgan fingerprint density at radius 1 is 1.47 bits per heavy atom. The molecule has 0 bridgehead atoms. The van der Waals surface area contributed by atoms with E-state index in [9.17, 15) is 14.0 Å². The van der Waals surface area contributed by atoms with Gasteiger partial charge in [-0.3, -0.25) is 4.79 Å². The van der Waals surface area contributed by atoms with Crippen LogP contribution in [0.15, 0.2) is 21.4 Å². The molecule has 1 aromatic carbocycles. The van der Waals surface area contributed by atoms with Crippen LogP contribution in [0.3, 0.4) is 0 Å². The van der Waals surface area contributed by atoms with Crippen LogP contribution in [0.25, 0.3) is 10.9 Å². The average molecular weight is 300 g/mol. The molecule has 6 heteroatoms. The van der Waals surface area contributed by atoms with Gasteiger partial charge in [-0.15, -0.1) is 0 Å². The number of hydrogen-bond acceptors (Lipinski definition) is 2. The van der Waals surface area contributed by atoms with Gasteiger partial charge in [0.2, 0.25) is 0 Å². The third kappa shape index (κ3) is 1.84. The zero-order valence-corrected chi connectivity index (χ0v) is 10.3. The van der Waals surface area contributed by atoms with Crippen molar-refractivity contribution in [3.63, 3.8) is 0 Å². The highest BCUT2D eigenvalue weighted by Gasteiger charge is 2.14. The summed E-state index contributed by atoms with van der Waals surface area (Å²) in [4.78, 5) is 25.2. The first kappa shape index (κ1) is 11.8. The summed E-state index contributed by atoms with van der Waals surface area (Å²) in [6.07, 6.45) is 0. The molecule has 1 aromatic heterocycles. The molecular weight excluding hydrogens is 293 g/mol. The SMILES string of the molecule is Cc1cc(F)c(Br)c2c(=O)cc(C(=O)O)[nH]c12. The number of hydrogen-bond donors (Lipinski definition) is 2. The standard InChI is InChI=1S/C11H7BrFNO3/c1-4-2-5(13)9(12)8-7(15)3-6(11(16)17)14-10(4)8/h2-3H,1H3,(H,14,15)(H,16,17). The molecule has 0 aliphatic heterocycles. The number of benzene rings is 1. The van der Waals surface area contributed by atoms with Gasteiger partial charge in [-0.25, -0.2) is 9.18 Å². The van der Waals surface area contributed by atoms with Crippen LogP contribution in [0.4, 0.5) is 4.39 Å².